The van der Waals surface area contributed by atoms with Crippen molar-refractivity contribution in [2.45, 2.75) is 50.8 Å². The van der Waals surface area contributed by atoms with Crippen LogP contribution >= 0.6 is 24.0 Å². The number of hydrogen-bond acceptors (Lipinski definition) is 3. The zero-order chi connectivity index (χ0) is 17.4. The van der Waals surface area contributed by atoms with Gasteiger partial charge in [0.25, 0.3) is 0 Å². The van der Waals surface area contributed by atoms with Crippen LogP contribution in [0.15, 0.2) is 29.3 Å². The Kier molecular flexibility index (Phi) is 6.01. The minimum atomic E-state index is 0. The monoisotopic (exact) mass is 471 g/mol. The smallest absolute Gasteiger partial charge is 0.191 e. The first-order valence-corrected chi connectivity index (χ1v) is 9.44. The summed E-state index contributed by atoms with van der Waals surface area (Å²) in [6, 6.07) is 8.75. The lowest BCUT2D eigenvalue weighted by Gasteiger charge is -2.63. The van der Waals surface area contributed by atoms with E-state index in [-0.39, 0.29) is 30.0 Å². The molecule has 1 aliphatic heterocycles. The average Bonchev–Trinajstić information content (AvgIpc) is 3.02. The van der Waals surface area contributed by atoms with Crippen LogP contribution in [0.25, 0.3) is 0 Å². The maximum Gasteiger partial charge on any atom is 0.191 e. The SMILES string of the molecule is CN=C(NC(C)c1ccccc1OC)NC1C2CCOC2C12CCC2.I. The Morgan fingerprint density at radius 3 is 2.77 bits per heavy atom. The molecule has 3 aliphatic rings. The Balaban J connectivity index is 0.00000196. The Morgan fingerprint density at radius 1 is 1.35 bits per heavy atom. The summed E-state index contributed by atoms with van der Waals surface area (Å²) in [5.41, 5.74) is 1.49. The van der Waals surface area contributed by atoms with Crippen molar-refractivity contribution >= 4 is 29.9 Å². The molecule has 5 nitrogen and oxygen atoms in total. The van der Waals surface area contributed by atoms with Crippen molar-refractivity contribution in [3.05, 3.63) is 29.8 Å². The molecule has 1 spiro atoms. The van der Waals surface area contributed by atoms with Gasteiger partial charge in [-0.15, -0.1) is 24.0 Å². The summed E-state index contributed by atoms with van der Waals surface area (Å²) in [6.45, 7) is 3.06. The van der Waals surface area contributed by atoms with Crippen LogP contribution in [0.2, 0.25) is 0 Å². The number of nitrogens with zero attached hydrogens (tertiary/aromatic N) is 1. The molecule has 4 unspecified atom stereocenters. The van der Waals surface area contributed by atoms with Gasteiger partial charge in [-0.3, -0.25) is 4.99 Å². The minimum Gasteiger partial charge on any atom is -0.496 e. The lowest BCUT2D eigenvalue weighted by atomic mass is 9.46. The first-order chi connectivity index (χ1) is 12.2. The largest absolute Gasteiger partial charge is 0.496 e. The number of aliphatic imine (C=N–C) groups is 1. The van der Waals surface area contributed by atoms with Crippen LogP contribution < -0.4 is 15.4 Å². The summed E-state index contributed by atoms with van der Waals surface area (Å²) >= 11 is 0. The van der Waals surface area contributed by atoms with Gasteiger partial charge in [-0.25, -0.2) is 0 Å². The fourth-order valence-electron chi connectivity index (χ4n) is 5.08. The van der Waals surface area contributed by atoms with Crippen LogP contribution in [-0.2, 0) is 4.74 Å². The predicted molar refractivity (Wildman–Crippen MR) is 114 cm³/mol. The van der Waals surface area contributed by atoms with Gasteiger partial charge in [0.05, 0.1) is 19.3 Å². The predicted octanol–water partition coefficient (Wildman–Crippen LogP) is 3.50. The van der Waals surface area contributed by atoms with E-state index in [1.807, 2.05) is 25.2 Å². The van der Waals surface area contributed by atoms with Crippen molar-refractivity contribution < 1.29 is 9.47 Å². The Labute approximate surface area is 173 Å². The van der Waals surface area contributed by atoms with Gasteiger partial charge in [-0.1, -0.05) is 24.6 Å². The summed E-state index contributed by atoms with van der Waals surface area (Å²) in [7, 11) is 3.56. The first kappa shape index (κ1) is 19.7. The molecule has 2 aliphatic carbocycles. The van der Waals surface area contributed by atoms with E-state index in [4.69, 9.17) is 9.47 Å². The van der Waals surface area contributed by atoms with Crippen LogP contribution in [0.1, 0.15) is 44.2 Å². The van der Waals surface area contributed by atoms with E-state index in [0.717, 1.165) is 23.9 Å². The quantitative estimate of drug-likeness (QED) is 0.401. The van der Waals surface area contributed by atoms with Gasteiger partial charge in [-0.05, 0) is 32.3 Å². The van der Waals surface area contributed by atoms with Crippen molar-refractivity contribution in [3.8, 4) is 5.75 Å². The van der Waals surface area contributed by atoms with Gasteiger partial charge in [0, 0.05) is 36.6 Å². The molecule has 2 N–H and O–H groups in total. The summed E-state index contributed by atoms with van der Waals surface area (Å²) in [4.78, 5) is 4.48. The molecule has 0 aromatic heterocycles. The summed E-state index contributed by atoms with van der Waals surface area (Å²) in [5.74, 6) is 2.42. The molecule has 3 fully saturated rings. The van der Waals surface area contributed by atoms with Gasteiger partial charge in [0.15, 0.2) is 5.96 Å². The van der Waals surface area contributed by atoms with Gasteiger partial charge in [0.2, 0.25) is 0 Å². The number of ether oxygens (including phenoxy) is 2. The topological polar surface area (TPSA) is 54.9 Å². The maximum absolute atomic E-state index is 6.02. The normalized spacial score (nSPS) is 29.7. The number of nitrogens with one attached hydrogen (secondary N) is 2. The van der Waals surface area contributed by atoms with Crippen molar-refractivity contribution in [2.24, 2.45) is 16.3 Å². The lowest BCUT2D eigenvalue weighted by molar-refractivity contribution is -0.171. The molecule has 1 saturated heterocycles. The first-order valence-electron chi connectivity index (χ1n) is 9.44. The number of rotatable bonds is 4. The molecular formula is C20H30IN3O2. The number of para-hydroxylation sites is 1. The molecule has 144 valence electrons. The van der Waals surface area contributed by atoms with Crippen molar-refractivity contribution in [3.63, 3.8) is 0 Å². The van der Waals surface area contributed by atoms with E-state index in [1.54, 1.807) is 7.11 Å². The number of methoxy groups -OCH3 is 1. The standard InChI is InChI=1S/C20H29N3O2.HI/c1-13(14-7-4-5-8-16(14)24-3)22-19(21-2)23-17-15-9-12-25-18(15)20(17)10-6-11-20;/h4-5,7-8,13,15,17-18H,6,9-12H2,1-3H3,(H2,21,22,23);1H. The summed E-state index contributed by atoms with van der Waals surface area (Å²) in [5, 5.41) is 7.26. The molecule has 26 heavy (non-hydrogen) atoms. The molecule has 1 aromatic rings. The summed E-state index contributed by atoms with van der Waals surface area (Å²) < 4.78 is 11.5. The molecule has 0 radical (unpaired) electrons. The third-order valence-electron chi connectivity index (χ3n) is 6.51. The van der Waals surface area contributed by atoms with Gasteiger partial charge in [-0.2, -0.15) is 0 Å². The van der Waals surface area contributed by atoms with Crippen molar-refractivity contribution in [2.75, 3.05) is 20.8 Å². The molecule has 1 heterocycles. The van der Waals surface area contributed by atoms with Gasteiger partial charge < -0.3 is 20.1 Å². The number of benzene rings is 1. The molecule has 2 saturated carbocycles. The fourth-order valence-corrected chi connectivity index (χ4v) is 5.08. The number of fused-ring (bicyclic) bond motifs is 2. The molecule has 0 amide bonds. The van der Waals surface area contributed by atoms with Crippen LogP contribution in [0.4, 0.5) is 0 Å². The third-order valence-corrected chi connectivity index (χ3v) is 6.51. The molecule has 1 aromatic carbocycles. The van der Waals surface area contributed by atoms with E-state index in [2.05, 4.69) is 28.6 Å². The molecule has 6 heteroatoms. The number of hydrogen-bond donors (Lipinski definition) is 2. The van der Waals surface area contributed by atoms with Crippen LogP contribution in [0.3, 0.4) is 0 Å². The highest BCUT2D eigenvalue weighted by atomic mass is 127. The van der Waals surface area contributed by atoms with Crippen LogP contribution in [0, 0.1) is 11.3 Å². The molecular weight excluding hydrogens is 441 g/mol. The third kappa shape index (κ3) is 3.09. The van der Waals surface area contributed by atoms with Crippen molar-refractivity contribution in [1.82, 2.24) is 10.6 Å². The second kappa shape index (κ2) is 7.92. The highest BCUT2D eigenvalue weighted by molar-refractivity contribution is 14.0. The highest BCUT2D eigenvalue weighted by Crippen LogP contribution is 2.62. The summed E-state index contributed by atoms with van der Waals surface area (Å²) in [6.07, 6.45) is 5.54. The number of halogens is 1. The van der Waals surface area contributed by atoms with E-state index in [0.29, 0.717) is 23.5 Å². The second-order valence-electron chi connectivity index (χ2n) is 7.63. The van der Waals surface area contributed by atoms with E-state index in [1.165, 1.54) is 25.7 Å². The van der Waals surface area contributed by atoms with Gasteiger partial charge in [0.1, 0.15) is 5.75 Å². The van der Waals surface area contributed by atoms with Crippen molar-refractivity contribution in [1.29, 1.82) is 0 Å². The Bertz CT molecular complexity index is 662. The fraction of sp³-hybridized carbons (Fsp3) is 0.650. The second-order valence-corrected chi connectivity index (χ2v) is 7.63. The molecule has 4 atom stereocenters. The maximum atomic E-state index is 6.02. The van der Waals surface area contributed by atoms with E-state index in [9.17, 15) is 0 Å². The lowest BCUT2D eigenvalue weighted by Crippen LogP contribution is -2.72. The Hall–Kier alpha value is -1.02. The Morgan fingerprint density at radius 2 is 2.12 bits per heavy atom. The zero-order valence-corrected chi connectivity index (χ0v) is 18.2. The minimum absolute atomic E-state index is 0. The molecule has 0 bridgehead atoms. The molecule has 4 rings (SSSR count). The van der Waals surface area contributed by atoms with E-state index >= 15 is 0 Å². The van der Waals surface area contributed by atoms with E-state index < -0.39 is 0 Å². The zero-order valence-electron chi connectivity index (χ0n) is 15.8. The van der Waals surface area contributed by atoms with Gasteiger partial charge >= 0.3 is 0 Å². The van der Waals surface area contributed by atoms with Crippen LogP contribution in [-0.4, -0.2) is 38.9 Å². The average molecular weight is 471 g/mol. The highest BCUT2D eigenvalue weighted by Gasteiger charge is 2.66. The van der Waals surface area contributed by atoms with Crippen LogP contribution in [0.5, 0.6) is 5.75 Å². The number of guanidine groups is 1.